The molecular formula is C15H22NO2+. The maximum absolute atomic E-state index is 11.5. The normalized spacial score (nSPS) is 13.6. The summed E-state index contributed by atoms with van der Waals surface area (Å²) in [7, 11) is 5.48. The van der Waals surface area contributed by atoms with E-state index in [4.69, 9.17) is 4.74 Å². The molecule has 0 saturated heterocycles. The zero-order valence-corrected chi connectivity index (χ0v) is 11.6. The number of hydrogen-bond donors (Lipinski definition) is 0. The molecule has 0 spiro atoms. The van der Waals surface area contributed by atoms with E-state index in [9.17, 15) is 4.79 Å². The second kappa shape index (κ2) is 6.36. The van der Waals surface area contributed by atoms with Crippen LogP contribution in [0.2, 0.25) is 0 Å². The van der Waals surface area contributed by atoms with E-state index in [1.54, 1.807) is 0 Å². The first-order chi connectivity index (χ1) is 8.47. The summed E-state index contributed by atoms with van der Waals surface area (Å²) in [6.07, 6.45) is 4.17. The minimum absolute atomic E-state index is 0.171. The van der Waals surface area contributed by atoms with Gasteiger partial charge < -0.3 is 9.22 Å². The lowest BCUT2D eigenvalue weighted by Crippen LogP contribution is -2.51. The van der Waals surface area contributed by atoms with Crippen molar-refractivity contribution in [2.24, 2.45) is 0 Å². The summed E-state index contributed by atoms with van der Waals surface area (Å²) in [5.41, 5.74) is 1.17. The fourth-order valence-electron chi connectivity index (χ4n) is 1.64. The molecule has 0 saturated carbocycles. The fraction of sp³-hybridized carbons (Fsp3) is 0.400. The molecule has 18 heavy (non-hydrogen) atoms. The number of quaternary nitrogens is 1. The largest absolute Gasteiger partial charge is 0.465 e. The third kappa shape index (κ3) is 4.00. The molecule has 0 aliphatic carbocycles. The summed E-state index contributed by atoms with van der Waals surface area (Å²) < 4.78 is 5.36. The second-order valence-electron chi connectivity index (χ2n) is 4.97. The number of ether oxygens (including phenoxy) is 1. The van der Waals surface area contributed by atoms with Crippen molar-refractivity contribution in [1.82, 2.24) is 0 Å². The van der Waals surface area contributed by atoms with Gasteiger partial charge in [-0.1, -0.05) is 36.4 Å². The summed E-state index contributed by atoms with van der Waals surface area (Å²) >= 11 is 0. The quantitative estimate of drug-likeness (QED) is 0.590. The molecule has 0 radical (unpaired) electrons. The van der Waals surface area contributed by atoms with Crippen LogP contribution >= 0.6 is 0 Å². The highest BCUT2D eigenvalue weighted by molar-refractivity contribution is 5.73. The van der Waals surface area contributed by atoms with E-state index >= 15 is 0 Å². The van der Waals surface area contributed by atoms with Crippen molar-refractivity contribution >= 4 is 12.0 Å². The number of benzene rings is 1. The molecule has 1 rings (SSSR count). The van der Waals surface area contributed by atoms with Gasteiger partial charge in [-0.05, 0) is 18.6 Å². The standard InChI is InChI=1S/C15H22NO2/c1-13(15(17)18-4)16(2,3)12-8-11-14-9-6-5-7-10-14/h5-11,13H,12H2,1-4H3/q+1/b11-8-/t13-/m1/s1. The maximum Gasteiger partial charge on any atom is 0.364 e. The zero-order chi connectivity index (χ0) is 13.6. The Hall–Kier alpha value is -1.61. The first-order valence-electron chi connectivity index (χ1n) is 6.09. The van der Waals surface area contributed by atoms with Crippen LogP contribution in [0.1, 0.15) is 12.5 Å². The number of esters is 1. The van der Waals surface area contributed by atoms with E-state index in [2.05, 4.69) is 24.3 Å². The van der Waals surface area contributed by atoms with Crippen molar-refractivity contribution in [2.75, 3.05) is 27.7 Å². The fourth-order valence-corrected chi connectivity index (χ4v) is 1.64. The Morgan fingerprint density at radius 3 is 2.50 bits per heavy atom. The van der Waals surface area contributed by atoms with Gasteiger partial charge in [-0.3, -0.25) is 0 Å². The summed E-state index contributed by atoms with van der Waals surface area (Å²) in [5.74, 6) is -0.173. The van der Waals surface area contributed by atoms with E-state index in [0.717, 1.165) is 6.54 Å². The first kappa shape index (κ1) is 14.5. The SMILES string of the molecule is COC(=O)[C@@H](C)[N+](C)(C)C/C=C\c1ccccc1. The molecule has 0 heterocycles. The highest BCUT2D eigenvalue weighted by atomic mass is 16.5. The topological polar surface area (TPSA) is 26.3 Å². The molecule has 0 amide bonds. The van der Waals surface area contributed by atoms with Crippen LogP contribution < -0.4 is 0 Å². The van der Waals surface area contributed by atoms with Crippen LogP contribution in [0.3, 0.4) is 0 Å². The molecule has 0 fully saturated rings. The smallest absolute Gasteiger partial charge is 0.364 e. The summed E-state index contributed by atoms with van der Waals surface area (Å²) in [6, 6.07) is 9.96. The molecule has 1 aromatic rings. The first-order valence-corrected chi connectivity index (χ1v) is 6.09. The van der Waals surface area contributed by atoms with Crippen LogP contribution in [-0.2, 0) is 9.53 Å². The van der Waals surface area contributed by atoms with Crippen LogP contribution in [0.25, 0.3) is 6.08 Å². The average molecular weight is 248 g/mol. The lowest BCUT2D eigenvalue weighted by molar-refractivity contribution is -0.899. The second-order valence-corrected chi connectivity index (χ2v) is 4.97. The Kier molecular flexibility index (Phi) is 5.10. The van der Waals surface area contributed by atoms with Crippen LogP contribution in [0.15, 0.2) is 36.4 Å². The Morgan fingerprint density at radius 2 is 1.94 bits per heavy atom. The number of carbonyl (C=O) groups excluding carboxylic acids is 1. The molecule has 0 bridgehead atoms. The van der Waals surface area contributed by atoms with E-state index in [1.807, 2.05) is 39.2 Å². The van der Waals surface area contributed by atoms with Gasteiger partial charge in [0.15, 0.2) is 6.04 Å². The van der Waals surface area contributed by atoms with Crippen molar-refractivity contribution in [3.8, 4) is 0 Å². The van der Waals surface area contributed by atoms with E-state index in [-0.39, 0.29) is 12.0 Å². The lowest BCUT2D eigenvalue weighted by Gasteiger charge is -2.33. The van der Waals surface area contributed by atoms with Gasteiger partial charge in [0.05, 0.1) is 27.7 Å². The van der Waals surface area contributed by atoms with Crippen molar-refractivity contribution in [3.63, 3.8) is 0 Å². The van der Waals surface area contributed by atoms with Gasteiger partial charge in [-0.25, -0.2) is 4.79 Å². The van der Waals surface area contributed by atoms with Crippen LogP contribution in [0.5, 0.6) is 0 Å². The van der Waals surface area contributed by atoms with Crippen molar-refractivity contribution in [3.05, 3.63) is 42.0 Å². The van der Waals surface area contributed by atoms with Crippen molar-refractivity contribution in [2.45, 2.75) is 13.0 Å². The highest BCUT2D eigenvalue weighted by Crippen LogP contribution is 2.09. The molecular weight excluding hydrogens is 226 g/mol. The van der Waals surface area contributed by atoms with E-state index < -0.39 is 0 Å². The van der Waals surface area contributed by atoms with Crippen LogP contribution in [-0.4, -0.2) is 44.2 Å². The number of hydrogen-bond acceptors (Lipinski definition) is 2. The average Bonchev–Trinajstić information content (AvgIpc) is 2.38. The van der Waals surface area contributed by atoms with Gasteiger partial charge >= 0.3 is 5.97 Å². The Balaban J connectivity index is 2.61. The number of nitrogens with zero attached hydrogens (tertiary/aromatic N) is 1. The summed E-state index contributed by atoms with van der Waals surface area (Å²) in [6.45, 7) is 2.67. The van der Waals surface area contributed by atoms with Crippen molar-refractivity contribution < 1.29 is 14.0 Å². The van der Waals surface area contributed by atoms with E-state index in [1.165, 1.54) is 12.7 Å². The minimum Gasteiger partial charge on any atom is -0.465 e. The number of likely N-dealkylation sites (N-methyl/N-ethyl adjacent to an activating group) is 1. The molecule has 0 aromatic heterocycles. The summed E-state index contributed by atoms with van der Waals surface area (Å²) in [5, 5.41) is 0. The Bertz CT molecular complexity index is 410. The van der Waals surface area contributed by atoms with Crippen LogP contribution in [0, 0.1) is 0 Å². The number of carbonyl (C=O) groups is 1. The lowest BCUT2D eigenvalue weighted by atomic mass is 10.2. The highest BCUT2D eigenvalue weighted by Gasteiger charge is 2.30. The Labute approximate surface area is 109 Å². The predicted octanol–water partition coefficient (Wildman–Crippen LogP) is 2.34. The minimum atomic E-state index is -0.173. The van der Waals surface area contributed by atoms with Gasteiger partial charge in [0.25, 0.3) is 0 Å². The van der Waals surface area contributed by atoms with E-state index in [0.29, 0.717) is 4.48 Å². The maximum atomic E-state index is 11.5. The molecule has 1 aromatic carbocycles. The van der Waals surface area contributed by atoms with Gasteiger partial charge in [0.1, 0.15) is 0 Å². The summed E-state index contributed by atoms with van der Waals surface area (Å²) in [4.78, 5) is 11.5. The third-order valence-corrected chi connectivity index (χ3v) is 3.28. The molecule has 0 aliphatic rings. The predicted molar refractivity (Wildman–Crippen MR) is 73.9 cm³/mol. The Morgan fingerprint density at radius 1 is 1.33 bits per heavy atom. The molecule has 0 aliphatic heterocycles. The van der Waals surface area contributed by atoms with Gasteiger partial charge in [-0.15, -0.1) is 0 Å². The monoisotopic (exact) mass is 248 g/mol. The van der Waals surface area contributed by atoms with Crippen molar-refractivity contribution in [1.29, 1.82) is 0 Å². The molecule has 0 N–H and O–H groups in total. The molecule has 0 unspecified atom stereocenters. The number of rotatable bonds is 5. The molecule has 98 valence electrons. The zero-order valence-electron chi connectivity index (χ0n) is 11.6. The van der Waals surface area contributed by atoms with Gasteiger partial charge in [0.2, 0.25) is 0 Å². The van der Waals surface area contributed by atoms with Gasteiger partial charge in [0, 0.05) is 0 Å². The molecule has 3 heteroatoms. The van der Waals surface area contributed by atoms with Gasteiger partial charge in [-0.2, -0.15) is 0 Å². The molecule has 3 nitrogen and oxygen atoms in total. The van der Waals surface area contributed by atoms with Crippen LogP contribution in [0.4, 0.5) is 0 Å². The number of methoxy groups -OCH3 is 1. The third-order valence-electron chi connectivity index (χ3n) is 3.28. The molecule has 1 atom stereocenters.